The van der Waals surface area contributed by atoms with Gasteiger partial charge in [0.2, 0.25) is 0 Å². The first-order valence-corrected chi connectivity index (χ1v) is 8.49. The van der Waals surface area contributed by atoms with E-state index in [1.165, 1.54) is 19.3 Å². The number of rotatable bonds is 5. The fourth-order valence-corrected chi connectivity index (χ4v) is 3.82. The molecule has 4 heteroatoms. The lowest BCUT2D eigenvalue weighted by Gasteiger charge is -2.31. The summed E-state index contributed by atoms with van der Waals surface area (Å²) in [5.74, 6) is 2.51. The van der Waals surface area contributed by atoms with Crippen LogP contribution in [0.3, 0.4) is 0 Å². The Morgan fingerprint density at radius 1 is 1.14 bits per heavy atom. The molecule has 1 saturated carbocycles. The summed E-state index contributed by atoms with van der Waals surface area (Å²) < 4.78 is 11.5. The highest BCUT2D eigenvalue weighted by Crippen LogP contribution is 2.42. The molecule has 0 heterocycles. The van der Waals surface area contributed by atoms with E-state index in [2.05, 4.69) is 22.9 Å². The summed E-state index contributed by atoms with van der Waals surface area (Å²) in [4.78, 5) is 0. The Balaban J connectivity index is 2.17. The normalized spacial score (nSPS) is 23.7. The van der Waals surface area contributed by atoms with E-state index in [-0.39, 0.29) is 0 Å². The van der Waals surface area contributed by atoms with Crippen LogP contribution in [-0.4, -0.2) is 19.3 Å². The number of aliphatic hydroxyl groups is 1. The first-order valence-electron chi connectivity index (χ1n) is 7.70. The minimum absolute atomic E-state index is 0.335. The Morgan fingerprint density at radius 3 is 2.24 bits per heavy atom. The van der Waals surface area contributed by atoms with Crippen molar-refractivity contribution in [1.29, 1.82) is 0 Å². The van der Waals surface area contributed by atoms with Gasteiger partial charge in [0.15, 0.2) is 11.5 Å². The highest BCUT2D eigenvalue weighted by atomic mass is 79.9. The van der Waals surface area contributed by atoms with Crippen molar-refractivity contribution in [3.05, 3.63) is 22.2 Å². The SMILES string of the molecule is CCC1CCC(C(O)c2cc(OC)c(OC)cc2Br)CC1. The fraction of sp³-hybridized carbons (Fsp3) is 0.647. The molecule has 3 nitrogen and oxygen atoms in total. The molecule has 1 fully saturated rings. The molecule has 2 rings (SSSR count). The van der Waals surface area contributed by atoms with Gasteiger partial charge in [-0.05, 0) is 42.4 Å². The van der Waals surface area contributed by atoms with E-state index in [0.29, 0.717) is 17.4 Å². The molecular weight excluding hydrogens is 332 g/mol. The van der Waals surface area contributed by atoms with E-state index in [1.807, 2.05) is 12.1 Å². The minimum atomic E-state index is -0.447. The largest absolute Gasteiger partial charge is 0.493 e. The number of hydrogen-bond donors (Lipinski definition) is 1. The van der Waals surface area contributed by atoms with Gasteiger partial charge >= 0.3 is 0 Å². The van der Waals surface area contributed by atoms with Gasteiger partial charge < -0.3 is 14.6 Å². The van der Waals surface area contributed by atoms with Crippen LogP contribution in [0, 0.1) is 11.8 Å². The molecule has 1 aromatic rings. The molecule has 21 heavy (non-hydrogen) atoms. The zero-order chi connectivity index (χ0) is 15.4. The smallest absolute Gasteiger partial charge is 0.161 e. The Kier molecular flexibility index (Phi) is 5.94. The van der Waals surface area contributed by atoms with Gasteiger partial charge in [-0.2, -0.15) is 0 Å². The summed E-state index contributed by atoms with van der Waals surface area (Å²) in [6, 6.07) is 3.76. The lowest BCUT2D eigenvalue weighted by atomic mass is 9.77. The molecular formula is C17H25BrO3. The van der Waals surface area contributed by atoms with Crippen molar-refractivity contribution < 1.29 is 14.6 Å². The van der Waals surface area contributed by atoms with E-state index in [9.17, 15) is 5.11 Å². The summed E-state index contributed by atoms with van der Waals surface area (Å²) in [7, 11) is 3.24. The van der Waals surface area contributed by atoms with Crippen LogP contribution in [0.4, 0.5) is 0 Å². The van der Waals surface area contributed by atoms with Crippen molar-refractivity contribution in [2.75, 3.05) is 14.2 Å². The first kappa shape index (κ1) is 16.6. The molecule has 1 unspecified atom stereocenters. The first-order chi connectivity index (χ1) is 10.1. The maximum absolute atomic E-state index is 10.7. The molecule has 0 radical (unpaired) electrons. The number of halogens is 1. The molecule has 1 N–H and O–H groups in total. The molecule has 1 aliphatic rings. The van der Waals surface area contributed by atoms with Crippen LogP contribution in [0.5, 0.6) is 11.5 Å². The zero-order valence-corrected chi connectivity index (χ0v) is 14.6. The topological polar surface area (TPSA) is 38.7 Å². The van der Waals surface area contributed by atoms with Gasteiger partial charge in [-0.15, -0.1) is 0 Å². The minimum Gasteiger partial charge on any atom is -0.493 e. The van der Waals surface area contributed by atoms with E-state index in [4.69, 9.17) is 9.47 Å². The van der Waals surface area contributed by atoms with Crippen molar-refractivity contribution in [1.82, 2.24) is 0 Å². The van der Waals surface area contributed by atoms with Crippen molar-refractivity contribution >= 4 is 15.9 Å². The summed E-state index contributed by atoms with van der Waals surface area (Å²) in [6.07, 6.45) is 5.45. The lowest BCUT2D eigenvalue weighted by molar-refractivity contribution is 0.0721. The number of ether oxygens (including phenoxy) is 2. The van der Waals surface area contributed by atoms with Crippen LogP contribution < -0.4 is 9.47 Å². The molecule has 0 amide bonds. The second-order valence-electron chi connectivity index (χ2n) is 5.86. The van der Waals surface area contributed by atoms with Crippen LogP contribution in [0.2, 0.25) is 0 Å². The van der Waals surface area contributed by atoms with Gasteiger partial charge in [0.05, 0.1) is 20.3 Å². The average Bonchev–Trinajstić information content (AvgIpc) is 2.54. The Morgan fingerprint density at radius 2 is 1.71 bits per heavy atom. The standard InChI is InChI=1S/C17H25BrO3/c1-4-11-5-7-12(8-6-11)17(19)13-9-15(20-2)16(21-3)10-14(13)18/h9-12,17,19H,4-8H2,1-3H3. The fourth-order valence-electron chi connectivity index (χ4n) is 3.26. The number of hydrogen-bond acceptors (Lipinski definition) is 3. The second kappa shape index (κ2) is 7.50. The Labute approximate surface area is 135 Å². The average molecular weight is 357 g/mol. The number of methoxy groups -OCH3 is 2. The summed E-state index contributed by atoms with van der Waals surface area (Å²) in [5, 5.41) is 10.7. The second-order valence-corrected chi connectivity index (χ2v) is 6.72. The molecule has 0 aromatic heterocycles. The predicted octanol–water partition coefficient (Wildman–Crippen LogP) is 4.72. The van der Waals surface area contributed by atoms with Crippen LogP contribution in [0.25, 0.3) is 0 Å². The summed E-state index contributed by atoms with van der Waals surface area (Å²) in [6.45, 7) is 2.26. The van der Waals surface area contributed by atoms with Gasteiger partial charge in [-0.3, -0.25) is 0 Å². The molecule has 1 aromatic carbocycles. The monoisotopic (exact) mass is 356 g/mol. The Bertz CT molecular complexity index is 467. The van der Waals surface area contributed by atoms with E-state index >= 15 is 0 Å². The van der Waals surface area contributed by atoms with Gasteiger partial charge in [0, 0.05) is 4.47 Å². The van der Waals surface area contributed by atoms with Gasteiger partial charge in [0.1, 0.15) is 0 Å². The number of benzene rings is 1. The van der Waals surface area contributed by atoms with E-state index in [1.54, 1.807) is 14.2 Å². The lowest BCUT2D eigenvalue weighted by Crippen LogP contribution is -2.20. The summed E-state index contributed by atoms with van der Waals surface area (Å²) in [5.41, 5.74) is 0.896. The maximum Gasteiger partial charge on any atom is 0.161 e. The van der Waals surface area contributed by atoms with Crippen molar-refractivity contribution in [3.63, 3.8) is 0 Å². The predicted molar refractivity (Wildman–Crippen MR) is 87.9 cm³/mol. The highest BCUT2D eigenvalue weighted by Gasteiger charge is 2.28. The molecule has 0 saturated heterocycles. The summed E-state index contributed by atoms with van der Waals surface area (Å²) >= 11 is 3.55. The van der Waals surface area contributed by atoms with E-state index in [0.717, 1.165) is 28.8 Å². The molecule has 0 bridgehead atoms. The third-order valence-corrected chi connectivity index (χ3v) is 5.42. The van der Waals surface area contributed by atoms with Gasteiger partial charge in [-0.1, -0.05) is 42.1 Å². The van der Waals surface area contributed by atoms with E-state index < -0.39 is 6.10 Å². The van der Waals surface area contributed by atoms with Crippen LogP contribution in [-0.2, 0) is 0 Å². The molecule has 0 aliphatic heterocycles. The van der Waals surface area contributed by atoms with Crippen LogP contribution in [0.15, 0.2) is 16.6 Å². The van der Waals surface area contributed by atoms with Gasteiger partial charge in [0.25, 0.3) is 0 Å². The third kappa shape index (κ3) is 3.72. The highest BCUT2D eigenvalue weighted by molar-refractivity contribution is 9.10. The molecule has 1 aliphatic carbocycles. The zero-order valence-electron chi connectivity index (χ0n) is 13.1. The van der Waals surface area contributed by atoms with Crippen molar-refractivity contribution in [2.45, 2.75) is 45.1 Å². The van der Waals surface area contributed by atoms with Crippen molar-refractivity contribution in [2.24, 2.45) is 11.8 Å². The van der Waals surface area contributed by atoms with Gasteiger partial charge in [-0.25, -0.2) is 0 Å². The van der Waals surface area contributed by atoms with Crippen molar-refractivity contribution in [3.8, 4) is 11.5 Å². The van der Waals surface area contributed by atoms with Crippen LogP contribution >= 0.6 is 15.9 Å². The quantitative estimate of drug-likeness (QED) is 0.829. The Hall–Kier alpha value is -0.740. The molecule has 0 spiro atoms. The van der Waals surface area contributed by atoms with Crippen LogP contribution in [0.1, 0.15) is 50.7 Å². The maximum atomic E-state index is 10.7. The third-order valence-electron chi connectivity index (χ3n) is 4.74. The number of aliphatic hydroxyl groups excluding tert-OH is 1. The molecule has 1 atom stereocenters. The molecule has 118 valence electrons.